The number of benzene rings is 3. The van der Waals surface area contributed by atoms with Gasteiger partial charge >= 0.3 is 0 Å². The fraction of sp³-hybridized carbons (Fsp3) is 0.250. The van der Waals surface area contributed by atoms with Crippen molar-refractivity contribution in [2.75, 3.05) is 5.32 Å². The molecule has 39 heavy (non-hydrogen) atoms. The van der Waals surface area contributed by atoms with Crippen molar-refractivity contribution in [2.24, 2.45) is 5.92 Å². The van der Waals surface area contributed by atoms with E-state index in [4.69, 9.17) is 58.0 Å². The lowest BCUT2D eigenvalue weighted by molar-refractivity contribution is -0.118. The molecule has 4 nitrogen and oxygen atoms in total. The van der Waals surface area contributed by atoms with Crippen molar-refractivity contribution in [2.45, 2.75) is 36.4 Å². The van der Waals surface area contributed by atoms with Crippen LogP contribution in [-0.2, 0) is 22.4 Å². The van der Waals surface area contributed by atoms with Crippen LogP contribution in [0.3, 0.4) is 0 Å². The van der Waals surface area contributed by atoms with Crippen LogP contribution in [0.4, 0.5) is 14.5 Å². The molecule has 0 bridgehead atoms. The zero-order chi connectivity index (χ0) is 28.6. The summed E-state index contributed by atoms with van der Waals surface area (Å²) in [6.45, 7) is 1.59. The molecule has 11 heteroatoms. The third-order valence-corrected chi connectivity index (χ3v) is 8.57. The molecule has 1 saturated carbocycles. The maximum Gasteiger partial charge on any atom is 0.231 e. The van der Waals surface area contributed by atoms with E-state index in [1.807, 2.05) is 0 Å². The predicted octanol–water partition coefficient (Wildman–Crippen LogP) is 8.40. The van der Waals surface area contributed by atoms with E-state index in [-0.39, 0.29) is 39.6 Å². The number of amides is 1. The van der Waals surface area contributed by atoms with Crippen LogP contribution in [0.15, 0.2) is 48.5 Å². The van der Waals surface area contributed by atoms with Gasteiger partial charge in [-0.2, -0.15) is 0 Å². The second kappa shape index (κ2) is 11.7. The Bertz CT molecular complexity index is 1490. The number of nitrogens with one attached hydrogen (secondary N) is 1. The van der Waals surface area contributed by atoms with Gasteiger partial charge in [0.25, 0.3) is 0 Å². The lowest BCUT2D eigenvalue weighted by atomic mass is 9.97. The maximum atomic E-state index is 15.0. The summed E-state index contributed by atoms with van der Waals surface area (Å²) >= 11 is 31.1. The zero-order valence-corrected chi connectivity index (χ0v) is 24.0. The molecule has 1 aliphatic carbocycles. The molecular formula is C28H20Cl5F2NO3. The summed E-state index contributed by atoms with van der Waals surface area (Å²) in [7, 11) is 0. The van der Waals surface area contributed by atoms with Gasteiger partial charge in [-0.3, -0.25) is 14.4 Å². The SMILES string of the molecule is CCC(=O)Cc1c(F)ccc(CC(=O)c2cc(NC(=O)[C@H]3[C@H](c4ccc(Cl)c(Cl)c4)C3(Cl)Cl)ccc2Cl)c1F. The van der Waals surface area contributed by atoms with E-state index in [1.54, 1.807) is 25.1 Å². The van der Waals surface area contributed by atoms with Crippen molar-refractivity contribution >= 4 is 81.2 Å². The molecule has 0 unspecified atom stereocenters. The van der Waals surface area contributed by atoms with E-state index < -0.39 is 52.3 Å². The summed E-state index contributed by atoms with van der Waals surface area (Å²) in [5.41, 5.74) is 0.436. The molecule has 4 rings (SSSR count). The summed E-state index contributed by atoms with van der Waals surface area (Å²) < 4.78 is 27.7. The van der Waals surface area contributed by atoms with Gasteiger partial charge in [0.2, 0.25) is 5.91 Å². The molecule has 0 radical (unpaired) electrons. The minimum atomic E-state index is -1.39. The Hall–Kier alpha value is -2.22. The van der Waals surface area contributed by atoms with Gasteiger partial charge in [-0.1, -0.05) is 53.9 Å². The number of anilines is 1. The second-order valence-corrected chi connectivity index (χ2v) is 11.8. The highest BCUT2D eigenvalue weighted by Crippen LogP contribution is 2.65. The fourth-order valence-electron chi connectivity index (χ4n) is 4.35. The van der Waals surface area contributed by atoms with E-state index in [0.717, 1.165) is 12.1 Å². The van der Waals surface area contributed by atoms with Gasteiger partial charge in [0.1, 0.15) is 21.8 Å². The lowest BCUT2D eigenvalue weighted by Crippen LogP contribution is -2.17. The third kappa shape index (κ3) is 6.26. The van der Waals surface area contributed by atoms with Crippen molar-refractivity contribution in [3.63, 3.8) is 0 Å². The molecule has 2 atom stereocenters. The van der Waals surface area contributed by atoms with Gasteiger partial charge in [0.15, 0.2) is 5.78 Å². The number of rotatable bonds is 9. The molecule has 0 spiro atoms. The molecule has 0 saturated heterocycles. The first-order chi connectivity index (χ1) is 18.3. The number of carbonyl (C=O) groups excluding carboxylic acids is 3. The highest BCUT2D eigenvalue weighted by molar-refractivity contribution is 6.53. The first-order valence-corrected chi connectivity index (χ1v) is 13.7. The lowest BCUT2D eigenvalue weighted by Gasteiger charge is -2.11. The summed E-state index contributed by atoms with van der Waals surface area (Å²) in [4.78, 5) is 37.8. The molecule has 204 valence electrons. The van der Waals surface area contributed by atoms with Crippen LogP contribution < -0.4 is 5.32 Å². The van der Waals surface area contributed by atoms with Crippen LogP contribution >= 0.6 is 58.0 Å². The molecular weight excluding hydrogens is 614 g/mol. The van der Waals surface area contributed by atoms with Crippen LogP contribution in [0.1, 0.15) is 46.3 Å². The van der Waals surface area contributed by atoms with Crippen molar-refractivity contribution in [3.8, 4) is 0 Å². The topological polar surface area (TPSA) is 63.2 Å². The van der Waals surface area contributed by atoms with Crippen molar-refractivity contribution < 1.29 is 23.2 Å². The number of Topliss-reactive ketones (excluding diaryl/α,β-unsaturated/α-hetero) is 2. The van der Waals surface area contributed by atoms with Gasteiger partial charge < -0.3 is 5.32 Å². The quantitative estimate of drug-likeness (QED) is 0.190. The first-order valence-electron chi connectivity index (χ1n) is 11.8. The number of halogens is 7. The van der Waals surface area contributed by atoms with Crippen LogP contribution in [0.5, 0.6) is 0 Å². The van der Waals surface area contributed by atoms with E-state index in [2.05, 4.69) is 5.32 Å². The van der Waals surface area contributed by atoms with Gasteiger partial charge in [0, 0.05) is 42.0 Å². The Morgan fingerprint density at radius 3 is 2.26 bits per heavy atom. The number of hydrogen-bond donors (Lipinski definition) is 1. The van der Waals surface area contributed by atoms with Crippen LogP contribution in [0.25, 0.3) is 0 Å². The van der Waals surface area contributed by atoms with E-state index in [0.29, 0.717) is 15.6 Å². The largest absolute Gasteiger partial charge is 0.326 e. The number of alkyl halides is 2. The van der Waals surface area contributed by atoms with E-state index in [9.17, 15) is 23.2 Å². The minimum absolute atomic E-state index is 0.0178. The Morgan fingerprint density at radius 1 is 0.897 bits per heavy atom. The molecule has 1 fully saturated rings. The van der Waals surface area contributed by atoms with Crippen molar-refractivity contribution in [1.82, 2.24) is 0 Å². The molecule has 0 aromatic heterocycles. The fourth-order valence-corrected chi connectivity index (χ4v) is 5.70. The minimum Gasteiger partial charge on any atom is -0.326 e. The number of ketones is 2. The zero-order valence-electron chi connectivity index (χ0n) is 20.3. The maximum absolute atomic E-state index is 15.0. The molecule has 1 N–H and O–H groups in total. The number of carbonyl (C=O) groups is 3. The van der Waals surface area contributed by atoms with Gasteiger partial charge in [-0.25, -0.2) is 8.78 Å². The third-order valence-electron chi connectivity index (χ3n) is 6.56. The normalized spacial score (nSPS) is 17.5. The van der Waals surface area contributed by atoms with E-state index in [1.165, 1.54) is 18.2 Å². The summed E-state index contributed by atoms with van der Waals surface area (Å²) in [5, 5.41) is 3.41. The Kier molecular flexibility index (Phi) is 8.94. The summed E-state index contributed by atoms with van der Waals surface area (Å²) in [6, 6.07) is 11.3. The Morgan fingerprint density at radius 2 is 1.59 bits per heavy atom. The number of hydrogen-bond acceptors (Lipinski definition) is 3. The predicted molar refractivity (Wildman–Crippen MR) is 151 cm³/mol. The molecule has 0 heterocycles. The first kappa shape index (κ1) is 29.8. The van der Waals surface area contributed by atoms with Crippen molar-refractivity contribution in [1.29, 1.82) is 0 Å². The molecule has 1 aliphatic rings. The van der Waals surface area contributed by atoms with Crippen LogP contribution in [0.2, 0.25) is 15.1 Å². The average molecular weight is 634 g/mol. The molecule has 3 aromatic carbocycles. The summed E-state index contributed by atoms with van der Waals surface area (Å²) in [5.74, 6) is -4.57. The molecule has 3 aromatic rings. The average Bonchev–Trinajstić information content (AvgIpc) is 3.47. The molecule has 0 aliphatic heterocycles. The van der Waals surface area contributed by atoms with Crippen molar-refractivity contribution in [3.05, 3.63) is 97.5 Å². The van der Waals surface area contributed by atoms with E-state index >= 15 is 0 Å². The van der Waals surface area contributed by atoms with Gasteiger partial charge in [-0.05, 0) is 47.5 Å². The highest BCUT2D eigenvalue weighted by atomic mass is 35.5. The van der Waals surface area contributed by atoms with Gasteiger partial charge in [-0.15, -0.1) is 23.2 Å². The van der Waals surface area contributed by atoms with Crippen LogP contribution in [-0.4, -0.2) is 21.8 Å². The Balaban J connectivity index is 1.52. The second-order valence-electron chi connectivity index (χ2n) is 9.16. The van der Waals surface area contributed by atoms with Gasteiger partial charge in [0.05, 0.1) is 21.0 Å². The van der Waals surface area contributed by atoms with Crippen LogP contribution in [0, 0.1) is 17.6 Å². The summed E-state index contributed by atoms with van der Waals surface area (Å²) in [6.07, 6.45) is -0.726. The monoisotopic (exact) mass is 631 g/mol. The standard InChI is InChI=1S/C28H20Cl5F2NO3/c1-2-16(37)12-18-22(34)8-4-14(26(18)35)10-23(38)17-11-15(5-7-19(17)29)36-27(39)25-24(28(25,32)33)13-3-6-20(30)21(31)9-13/h3-9,11,24-25H,2,10,12H2,1H3,(H,36,39)/t24-,25+/m0/s1. The smallest absolute Gasteiger partial charge is 0.231 e. The molecule has 1 amide bonds. The highest BCUT2D eigenvalue weighted by Gasteiger charge is 2.67. The Labute approximate surface area is 248 Å².